The number of nitrogens with zero attached hydrogens (tertiary/aromatic N) is 3. The Kier molecular flexibility index (Phi) is 3.29. The van der Waals surface area contributed by atoms with Crippen LogP contribution in [0, 0.1) is 13.8 Å². The van der Waals surface area contributed by atoms with Crippen LogP contribution < -0.4 is 0 Å². The van der Waals surface area contributed by atoms with Crippen LogP contribution in [0.1, 0.15) is 34.5 Å². The lowest BCUT2D eigenvalue weighted by Crippen LogP contribution is -2.18. The van der Waals surface area contributed by atoms with Gasteiger partial charge in [-0.3, -0.25) is 4.79 Å². The van der Waals surface area contributed by atoms with Crippen molar-refractivity contribution < 1.29 is 4.79 Å². The first kappa shape index (κ1) is 13.5. The van der Waals surface area contributed by atoms with E-state index in [1.807, 2.05) is 56.3 Å². The normalized spacial score (nSPS) is 12.5. The molecule has 1 unspecified atom stereocenters. The molecule has 0 saturated heterocycles. The average molecular weight is 279 g/mol. The first-order valence-electron chi connectivity index (χ1n) is 6.99. The quantitative estimate of drug-likeness (QED) is 0.689. The third-order valence-corrected chi connectivity index (χ3v) is 3.89. The number of fused-ring (bicyclic) bond motifs is 1. The van der Waals surface area contributed by atoms with E-state index >= 15 is 0 Å². The first-order valence-corrected chi connectivity index (χ1v) is 6.99. The Labute approximate surface area is 123 Å². The summed E-state index contributed by atoms with van der Waals surface area (Å²) in [5.74, 6) is 0.0422. The van der Waals surface area contributed by atoms with Gasteiger partial charge < -0.3 is 0 Å². The summed E-state index contributed by atoms with van der Waals surface area (Å²) < 4.78 is 1.71. The van der Waals surface area contributed by atoms with Gasteiger partial charge in [-0.1, -0.05) is 35.5 Å². The second-order valence-corrected chi connectivity index (χ2v) is 5.37. The van der Waals surface area contributed by atoms with Gasteiger partial charge in [-0.2, -0.15) is 0 Å². The fourth-order valence-corrected chi connectivity index (χ4v) is 2.43. The molecule has 106 valence electrons. The van der Waals surface area contributed by atoms with Gasteiger partial charge in [-0.05, 0) is 44.0 Å². The van der Waals surface area contributed by atoms with Crippen molar-refractivity contribution in [2.45, 2.75) is 26.8 Å². The molecule has 0 fully saturated rings. The van der Waals surface area contributed by atoms with Gasteiger partial charge in [0, 0.05) is 5.56 Å². The molecule has 21 heavy (non-hydrogen) atoms. The van der Waals surface area contributed by atoms with Gasteiger partial charge in [0.15, 0.2) is 5.78 Å². The third kappa shape index (κ3) is 2.33. The van der Waals surface area contributed by atoms with Crippen LogP contribution in [0.2, 0.25) is 0 Å². The molecule has 3 aromatic rings. The molecule has 4 nitrogen and oxygen atoms in total. The molecule has 3 rings (SSSR count). The van der Waals surface area contributed by atoms with Crippen molar-refractivity contribution in [2.75, 3.05) is 0 Å². The van der Waals surface area contributed by atoms with Gasteiger partial charge in [-0.15, -0.1) is 5.10 Å². The Hall–Kier alpha value is -2.49. The standard InChI is InChI=1S/C17H17N3O/c1-11-9-15-16(10-12(11)2)20(19-18-15)13(3)17(21)14-7-5-4-6-8-14/h4-10,13H,1-3H3. The molecule has 0 spiro atoms. The van der Waals surface area contributed by atoms with Crippen molar-refractivity contribution in [2.24, 2.45) is 0 Å². The number of rotatable bonds is 3. The van der Waals surface area contributed by atoms with E-state index in [0.717, 1.165) is 11.0 Å². The SMILES string of the molecule is Cc1cc2nnn(C(C)C(=O)c3ccccc3)c2cc1C. The van der Waals surface area contributed by atoms with Crippen molar-refractivity contribution in [1.29, 1.82) is 0 Å². The molecular formula is C17H17N3O. The van der Waals surface area contributed by atoms with Crippen LogP contribution in [-0.2, 0) is 0 Å². The van der Waals surface area contributed by atoms with Crippen molar-refractivity contribution in [3.8, 4) is 0 Å². The maximum atomic E-state index is 12.5. The Morgan fingerprint density at radius 2 is 1.76 bits per heavy atom. The Morgan fingerprint density at radius 1 is 1.10 bits per heavy atom. The number of carbonyl (C=O) groups is 1. The number of carbonyl (C=O) groups excluding carboxylic acids is 1. The van der Waals surface area contributed by atoms with E-state index < -0.39 is 0 Å². The summed E-state index contributed by atoms with van der Waals surface area (Å²) in [6.07, 6.45) is 0. The summed E-state index contributed by atoms with van der Waals surface area (Å²) in [5, 5.41) is 8.35. The average Bonchev–Trinajstić information content (AvgIpc) is 2.90. The molecule has 0 saturated carbocycles. The second kappa shape index (κ2) is 5.13. The Morgan fingerprint density at radius 3 is 2.48 bits per heavy atom. The smallest absolute Gasteiger partial charge is 0.187 e. The number of hydrogen-bond acceptors (Lipinski definition) is 3. The van der Waals surface area contributed by atoms with Crippen molar-refractivity contribution >= 4 is 16.8 Å². The van der Waals surface area contributed by atoms with Gasteiger partial charge >= 0.3 is 0 Å². The zero-order chi connectivity index (χ0) is 15.0. The fourth-order valence-electron chi connectivity index (χ4n) is 2.43. The van der Waals surface area contributed by atoms with Crippen LogP contribution in [0.5, 0.6) is 0 Å². The van der Waals surface area contributed by atoms with E-state index in [1.165, 1.54) is 11.1 Å². The van der Waals surface area contributed by atoms with E-state index in [0.29, 0.717) is 5.56 Å². The molecule has 1 aromatic heterocycles. The van der Waals surface area contributed by atoms with E-state index in [4.69, 9.17) is 0 Å². The molecule has 0 aliphatic carbocycles. The topological polar surface area (TPSA) is 47.8 Å². The summed E-state index contributed by atoms with van der Waals surface area (Å²) in [7, 11) is 0. The lowest BCUT2D eigenvalue weighted by atomic mass is 10.0. The molecule has 1 atom stereocenters. The first-order chi connectivity index (χ1) is 10.1. The summed E-state index contributed by atoms with van der Waals surface area (Å²) in [5.41, 5.74) is 4.76. The maximum absolute atomic E-state index is 12.5. The lowest BCUT2D eigenvalue weighted by molar-refractivity contribution is 0.0929. The molecule has 0 aliphatic heterocycles. The maximum Gasteiger partial charge on any atom is 0.187 e. The van der Waals surface area contributed by atoms with Gasteiger partial charge in [0.1, 0.15) is 11.6 Å². The molecule has 2 aromatic carbocycles. The van der Waals surface area contributed by atoms with E-state index in [1.54, 1.807) is 4.68 Å². The highest BCUT2D eigenvalue weighted by molar-refractivity contribution is 5.99. The number of Topliss-reactive ketones (excluding diaryl/α,β-unsaturated/α-hetero) is 1. The summed E-state index contributed by atoms with van der Waals surface area (Å²) in [4.78, 5) is 12.5. The summed E-state index contributed by atoms with van der Waals surface area (Å²) >= 11 is 0. The summed E-state index contributed by atoms with van der Waals surface area (Å²) in [6.45, 7) is 5.96. The highest BCUT2D eigenvalue weighted by Crippen LogP contribution is 2.22. The minimum Gasteiger partial charge on any atom is -0.292 e. The minimum atomic E-state index is -0.375. The number of aromatic nitrogens is 3. The second-order valence-electron chi connectivity index (χ2n) is 5.37. The van der Waals surface area contributed by atoms with Crippen LogP contribution in [0.3, 0.4) is 0 Å². The van der Waals surface area contributed by atoms with E-state index in [9.17, 15) is 4.79 Å². The number of aryl methyl sites for hydroxylation is 2. The monoisotopic (exact) mass is 279 g/mol. The number of benzene rings is 2. The number of hydrogen-bond donors (Lipinski definition) is 0. The third-order valence-electron chi connectivity index (χ3n) is 3.89. The molecule has 1 heterocycles. The molecule has 0 bridgehead atoms. The molecule has 0 radical (unpaired) electrons. The van der Waals surface area contributed by atoms with Crippen molar-refractivity contribution in [1.82, 2.24) is 15.0 Å². The zero-order valence-corrected chi connectivity index (χ0v) is 12.4. The molecule has 0 aliphatic rings. The van der Waals surface area contributed by atoms with Crippen LogP contribution in [0.4, 0.5) is 0 Å². The van der Waals surface area contributed by atoms with Crippen molar-refractivity contribution in [3.05, 3.63) is 59.2 Å². The lowest BCUT2D eigenvalue weighted by Gasteiger charge is -2.12. The van der Waals surface area contributed by atoms with Crippen LogP contribution in [0.15, 0.2) is 42.5 Å². The Bertz CT molecular complexity index is 806. The molecule has 0 N–H and O–H groups in total. The van der Waals surface area contributed by atoms with E-state index in [2.05, 4.69) is 17.2 Å². The van der Waals surface area contributed by atoms with Gasteiger partial charge in [-0.25, -0.2) is 4.68 Å². The molecule has 4 heteroatoms. The van der Waals surface area contributed by atoms with Gasteiger partial charge in [0.2, 0.25) is 0 Å². The fraction of sp³-hybridized carbons (Fsp3) is 0.235. The largest absolute Gasteiger partial charge is 0.292 e. The predicted octanol–water partition coefficient (Wildman–Crippen LogP) is 3.49. The minimum absolute atomic E-state index is 0.0422. The van der Waals surface area contributed by atoms with Crippen LogP contribution in [-0.4, -0.2) is 20.8 Å². The Balaban J connectivity index is 2.04. The van der Waals surface area contributed by atoms with E-state index in [-0.39, 0.29) is 11.8 Å². The van der Waals surface area contributed by atoms with Gasteiger partial charge in [0.05, 0.1) is 5.52 Å². The van der Waals surface area contributed by atoms with Crippen molar-refractivity contribution in [3.63, 3.8) is 0 Å². The van der Waals surface area contributed by atoms with Crippen LogP contribution in [0.25, 0.3) is 11.0 Å². The van der Waals surface area contributed by atoms with Crippen LogP contribution >= 0.6 is 0 Å². The highest BCUT2D eigenvalue weighted by Gasteiger charge is 2.20. The van der Waals surface area contributed by atoms with Gasteiger partial charge in [0.25, 0.3) is 0 Å². The molecule has 0 amide bonds. The highest BCUT2D eigenvalue weighted by atomic mass is 16.1. The predicted molar refractivity (Wildman–Crippen MR) is 82.5 cm³/mol. The molecular weight excluding hydrogens is 262 g/mol. The number of ketones is 1. The summed E-state index contributed by atoms with van der Waals surface area (Å²) in [6, 6.07) is 13.0. The zero-order valence-electron chi connectivity index (χ0n) is 12.4.